The Bertz CT molecular complexity index is 598. The highest BCUT2D eigenvalue weighted by Crippen LogP contribution is 2.28. The third-order valence-electron chi connectivity index (χ3n) is 2.50. The van der Waals surface area contributed by atoms with Crippen molar-refractivity contribution < 1.29 is 4.79 Å². The molecule has 18 heavy (non-hydrogen) atoms. The molecule has 0 fully saturated rings. The lowest BCUT2D eigenvalue weighted by Crippen LogP contribution is -2.00. The largest absolute Gasteiger partial charge is 0.354 e. The first-order valence-electron chi connectivity index (χ1n) is 5.40. The molecule has 0 aliphatic carbocycles. The molecule has 0 aromatic heterocycles. The van der Waals surface area contributed by atoms with Gasteiger partial charge in [0.05, 0.1) is 10.7 Å². The molecule has 0 bridgehead atoms. The SMILES string of the molecule is CC(=O)c1cc(Br)ccc1Nc1ccccc1Cl. The summed E-state index contributed by atoms with van der Waals surface area (Å²) in [7, 11) is 0. The molecular weight excluding hydrogens is 314 g/mol. The summed E-state index contributed by atoms with van der Waals surface area (Å²) in [6.45, 7) is 1.54. The normalized spacial score (nSPS) is 10.2. The van der Waals surface area contributed by atoms with E-state index in [1.165, 1.54) is 0 Å². The fourth-order valence-corrected chi connectivity index (χ4v) is 2.17. The van der Waals surface area contributed by atoms with Crippen molar-refractivity contribution in [3.63, 3.8) is 0 Å². The fraction of sp³-hybridized carbons (Fsp3) is 0.0714. The van der Waals surface area contributed by atoms with Gasteiger partial charge in [0.25, 0.3) is 0 Å². The van der Waals surface area contributed by atoms with E-state index in [1.807, 2.05) is 30.3 Å². The van der Waals surface area contributed by atoms with Crippen molar-refractivity contribution in [3.8, 4) is 0 Å². The van der Waals surface area contributed by atoms with Crippen molar-refractivity contribution in [2.24, 2.45) is 0 Å². The predicted molar refractivity (Wildman–Crippen MR) is 78.9 cm³/mol. The highest BCUT2D eigenvalue weighted by Gasteiger charge is 2.09. The van der Waals surface area contributed by atoms with Gasteiger partial charge in [0.2, 0.25) is 0 Å². The standard InChI is InChI=1S/C14H11BrClNO/c1-9(18)11-8-10(15)6-7-13(11)17-14-5-3-2-4-12(14)16/h2-8,17H,1H3. The zero-order chi connectivity index (χ0) is 13.1. The Morgan fingerprint density at radius 2 is 1.89 bits per heavy atom. The van der Waals surface area contributed by atoms with E-state index in [4.69, 9.17) is 11.6 Å². The Labute approximate surface area is 119 Å². The third kappa shape index (κ3) is 2.92. The maximum atomic E-state index is 11.6. The van der Waals surface area contributed by atoms with E-state index in [1.54, 1.807) is 19.1 Å². The second-order valence-electron chi connectivity index (χ2n) is 3.85. The van der Waals surface area contributed by atoms with E-state index in [0.29, 0.717) is 10.6 Å². The fourth-order valence-electron chi connectivity index (χ4n) is 1.62. The monoisotopic (exact) mass is 323 g/mol. The molecule has 0 atom stereocenters. The van der Waals surface area contributed by atoms with Gasteiger partial charge in [0, 0.05) is 15.7 Å². The molecule has 0 saturated heterocycles. The quantitative estimate of drug-likeness (QED) is 0.801. The molecule has 4 heteroatoms. The first-order chi connectivity index (χ1) is 8.58. The van der Waals surface area contributed by atoms with Crippen LogP contribution in [0.1, 0.15) is 17.3 Å². The Balaban J connectivity index is 2.41. The Hall–Kier alpha value is -1.32. The summed E-state index contributed by atoms with van der Waals surface area (Å²) in [5.74, 6) is 0.00542. The molecule has 0 unspecified atom stereocenters. The minimum absolute atomic E-state index is 0.00542. The van der Waals surface area contributed by atoms with Crippen LogP contribution in [0.5, 0.6) is 0 Å². The van der Waals surface area contributed by atoms with Crippen LogP contribution < -0.4 is 5.32 Å². The molecule has 92 valence electrons. The molecule has 0 radical (unpaired) electrons. The van der Waals surface area contributed by atoms with Crippen LogP contribution >= 0.6 is 27.5 Å². The minimum Gasteiger partial charge on any atom is -0.354 e. The summed E-state index contributed by atoms with van der Waals surface area (Å²) < 4.78 is 0.873. The maximum absolute atomic E-state index is 11.6. The van der Waals surface area contributed by atoms with Gasteiger partial charge in [-0.2, -0.15) is 0 Å². The number of para-hydroxylation sites is 1. The van der Waals surface area contributed by atoms with Gasteiger partial charge in [-0.05, 0) is 37.3 Å². The van der Waals surface area contributed by atoms with Crippen LogP contribution in [0.2, 0.25) is 5.02 Å². The van der Waals surface area contributed by atoms with Crippen molar-refractivity contribution in [2.45, 2.75) is 6.92 Å². The number of hydrogen-bond donors (Lipinski definition) is 1. The van der Waals surface area contributed by atoms with Crippen LogP contribution in [0.4, 0.5) is 11.4 Å². The first kappa shape index (κ1) is 13.1. The maximum Gasteiger partial charge on any atom is 0.161 e. The van der Waals surface area contributed by atoms with E-state index < -0.39 is 0 Å². The van der Waals surface area contributed by atoms with Crippen LogP contribution in [-0.4, -0.2) is 5.78 Å². The molecule has 0 aliphatic heterocycles. The number of nitrogens with one attached hydrogen (secondary N) is 1. The van der Waals surface area contributed by atoms with Crippen LogP contribution in [0.15, 0.2) is 46.9 Å². The lowest BCUT2D eigenvalue weighted by Gasteiger charge is -2.12. The zero-order valence-electron chi connectivity index (χ0n) is 9.71. The molecule has 0 saturated carbocycles. The smallest absolute Gasteiger partial charge is 0.161 e. The molecular formula is C14H11BrClNO. The van der Waals surface area contributed by atoms with Crippen LogP contribution in [0.25, 0.3) is 0 Å². The molecule has 0 spiro atoms. The lowest BCUT2D eigenvalue weighted by molar-refractivity contribution is 0.101. The highest BCUT2D eigenvalue weighted by molar-refractivity contribution is 9.10. The number of ketones is 1. The number of hydrogen-bond acceptors (Lipinski definition) is 2. The van der Waals surface area contributed by atoms with Crippen molar-refractivity contribution in [1.82, 2.24) is 0 Å². The van der Waals surface area contributed by atoms with E-state index in [0.717, 1.165) is 15.8 Å². The van der Waals surface area contributed by atoms with Crippen LogP contribution in [-0.2, 0) is 0 Å². The molecule has 0 amide bonds. The summed E-state index contributed by atoms with van der Waals surface area (Å²) in [4.78, 5) is 11.6. The van der Waals surface area contributed by atoms with Gasteiger partial charge < -0.3 is 5.32 Å². The van der Waals surface area contributed by atoms with E-state index >= 15 is 0 Å². The van der Waals surface area contributed by atoms with Gasteiger partial charge in [-0.3, -0.25) is 4.79 Å². The second kappa shape index (κ2) is 5.55. The van der Waals surface area contributed by atoms with Crippen molar-refractivity contribution in [1.29, 1.82) is 0 Å². The van der Waals surface area contributed by atoms with E-state index in [9.17, 15) is 4.79 Å². The molecule has 2 aromatic rings. The van der Waals surface area contributed by atoms with Gasteiger partial charge in [-0.1, -0.05) is 39.7 Å². The highest BCUT2D eigenvalue weighted by atomic mass is 79.9. The topological polar surface area (TPSA) is 29.1 Å². The van der Waals surface area contributed by atoms with Gasteiger partial charge in [-0.15, -0.1) is 0 Å². The van der Waals surface area contributed by atoms with Crippen molar-refractivity contribution >= 4 is 44.7 Å². The van der Waals surface area contributed by atoms with E-state index in [-0.39, 0.29) is 5.78 Å². The molecule has 2 aromatic carbocycles. The molecule has 0 aliphatic rings. The molecule has 0 heterocycles. The van der Waals surface area contributed by atoms with Gasteiger partial charge in [0.15, 0.2) is 5.78 Å². The molecule has 2 nitrogen and oxygen atoms in total. The number of halogens is 2. The number of carbonyl (C=O) groups is 1. The Kier molecular flexibility index (Phi) is 4.04. The van der Waals surface area contributed by atoms with Crippen LogP contribution in [0, 0.1) is 0 Å². The summed E-state index contributed by atoms with van der Waals surface area (Å²) >= 11 is 9.44. The molecule has 1 N–H and O–H groups in total. The van der Waals surface area contributed by atoms with Gasteiger partial charge in [0.1, 0.15) is 0 Å². The molecule has 2 rings (SSSR count). The Morgan fingerprint density at radius 1 is 1.17 bits per heavy atom. The zero-order valence-corrected chi connectivity index (χ0v) is 12.0. The van der Waals surface area contributed by atoms with Crippen LogP contribution in [0.3, 0.4) is 0 Å². The average molecular weight is 325 g/mol. The summed E-state index contributed by atoms with van der Waals surface area (Å²) in [5, 5.41) is 3.80. The minimum atomic E-state index is 0.00542. The number of anilines is 2. The number of Topliss-reactive ketones (excluding diaryl/α,β-unsaturated/α-hetero) is 1. The van der Waals surface area contributed by atoms with Crippen molar-refractivity contribution in [2.75, 3.05) is 5.32 Å². The summed E-state index contributed by atoms with van der Waals surface area (Å²) in [6, 6.07) is 12.9. The summed E-state index contributed by atoms with van der Waals surface area (Å²) in [5.41, 5.74) is 2.16. The lowest BCUT2D eigenvalue weighted by atomic mass is 10.1. The van der Waals surface area contributed by atoms with Gasteiger partial charge in [-0.25, -0.2) is 0 Å². The number of benzene rings is 2. The number of carbonyl (C=O) groups excluding carboxylic acids is 1. The third-order valence-corrected chi connectivity index (χ3v) is 3.33. The summed E-state index contributed by atoms with van der Waals surface area (Å²) in [6.07, 6.45) is 0. The predicted octanol–water partition coefficient (Wildman–Crippen LogP) is 5.05. The number of rotatable bonds is 3. The average Bonchev–Trinajstić information content (AvgIpc) is 2.34. The van der Waals surface area contributed by atoms with Gasteiger partial charge >= 0.3 is 0 Å². The van der Waals surface area contributed by atoms with E-state index in [2.05, 4.69) is 21.2 Å². The second-order valence-corrected chi connectivity index (χ2v) is 5.17. The van der Waals surface area contributed by atoms with Crippen molar-refractivity contribution in [3.05, 3.63) is 57.5 Å². The Morgan fingerprint density at radius 3 is 2.56 bits per heavy atom. The first-order valence-corrected chi connectivity index (χ1v) is 6.57.